The van der Waals surface area contributed by atoms with Crippen LogP contribution in [0.25, 0.3) is 22.2 Å². The van der Waals surface area contributed by atoms with Gasteiger partial charge in [-0.25, -0.2) is 9.97 Å². The van der Waals surface area contributed by atoms with Crippen molar-refractivity contribution in [1.29, 1.82) is 0 Å². The van der Waals surface area contributed by atoms with Crippen molar-refractivity contribution >= 4 is 39.8 Å². The molecule has 0 radical (unpaired) electrons. The van der Waals surface area contributed by atoms with Crippen LogP contribution in [0.2, 0.25) is 0 Å². The number of aromatic nitrogens is 3. The van der Waals surface area contributed by atoms with Crippen molar-refractivity contribution in [1.82, 2.24) is 19.4 Å². The number of aryl methyl sites for hydroxylation is 1. The summed E-state index contributed by atoms with van der Waals surface area (Å²) in [5.74, 6) is 1.73. The molecule has 2 aromatic heterocycles. The first-order valence-electron chi connectivity index (χ1n) is 16.6. The van der Waals surface area contributed by atoms with Gasteiger partial charge >= 0.3 is 0 Å². The standard InChI is InChI=1S/C37H49N7O2/c1-6-35(45)40-32-24-28(39-37-38-20-19-31(41-37)30-26-44(5)33-18-11-10-17-29(30)33)25-34(36(32)43(4)22-21-42(2)3)46-23-13-12-16-27-14-8-7-9-15-27/h6,10-11,17-20,24-27H,1,7-9,12-16,21-23H2,2-5H3,(H,40,45)(H,38,39,41). The molecule has 244 valence electrons. The predicted octanol–water partition coefficient (Wildman–Crippen LogP) is 7.63. The van der Waals surface area contributed by atoms with E-state index in [-0.39, 0.29) is 5.91 Å². The number of likely N-dealkylation sites (N-methyl/N-ethyl adjacent to an activating group) is 2. The molecule has 1 aliphatic carbocycles. The number of benzene rings is 2. The van der Waals surface area contributed by atoms with Crippen molar-refractivity contribution in [2.75, 3.05) is 56.4 Å². The minimum Gasteiger partial charge on any atom is -0.491 e. The van der Waals surface area contributed by atoms with E-state index in [1.807, 2.05) is 44.4 Å². The van der Waals surface area contributed by atoms with Crippen molar-refractivity contribution < 1.29 is 9.53 Å². The molecule has 2 aromatic carbocycles. The average Bonchev–Trinajstić information content (AvgIpc) is 3.40. The Morgan fingerprint density at radius 2 is 1.89 bits per heavy atom. The lowest BCUT2D eigenvalue weighted by atomic mass is 9.86. The highest BCUT2D eigenvalue weighted by atomic mass is 16.5. The van der Waals surface area contributed by atoms with Gasteiger partial charge in [0.05, 0.1) is 18.0 Å². The van der Waals surface area contributed by atoms with Crippen molar-refractivity contribution in [3.63, 3.8) is 0 Å². The Kier molecular flexibility index (Phi) is 11.3. The van der Waals surface area contributed by atoms with Crippen LogP contribution in [0.3, 0.4) is 0 Å². The topological polar surface area (TPSA) is 87.5 Å². The van der Waals surface area contributed by atoms with Gasteiger partial charge in [0.2, 0.25) is 11.9 Å². The van der Waals surface area contributed by atoms with Gasteiger partial charge in [-0.05, 0) is 57.1 Å². The molecule has 5 rings (SSSR count). The Morgan fingerprint density at radius 1 is 1.09 bits per heavy atom. The number of rotatable bonds is 15. The van der Waals surface area contributed by atoms with Gasteiger partial charge in [-0.2, -0.15) is 0 Å². The van der Waals surface area contributed by atoms with E-state index in [2.05, 4.69) is 69.0 Å². The van der Waals surface area contributed by atoms with E-state index in [0.29, 0.717) is 24.0 Å². The van der Waals surface area contributed by atoms with Gasteiger partial charge in [-0.1, -0.05) is 63.3 Å². The Balaban J connectivity index is 1.42. The molecule has 1 fully saturated rings. The zero-order chi connectivity index (χ0) is 32.5. The van der Waals surface area contributed by atoms with Crippen LogP contribution in [0.1, 0.15) is 51.4 Å². The molecule has 1 aliphatic rings. The number of anilines is 4. The smallest absolute Gasteiger partial charge is 0.247 e. The molecule has 2 N–H and O–H groups in total. The first kappa shape index (κ1) is 33.0. The molecule has 0 unspecified atom stereocenters. The highest BCUT2D eigenvalue weighted by molar-refractivity contribution is 6.02. The van der Waals surface area contributed by atoms with E-state index in [4.69, 9.17) is 9.72 Å². The number of hydrogen-bond donors (Lipinski definition) is 2. The summed E-state index contributed by atoms with van der Waals surface area (Å²) in [5, 5.41) is 7.55. The molecule has 0 atom stereocenters. The normalized spacial score (nSPS) is 13.6. The van der Waals surface area contributed by atoms with E-state index in [1.54, 1.807) is 6.20 Å². The first-order valence-corrected chi connectivity index (χ1v) is 16.6. The number of fused-ring (bicyclic) bond motifs is 1. The Morgan fingerprint density at radius 3 is 2.67 bits per heavy atom. The van der Waals surface area contributed by atoms with Crippen LogP contribution in [-0.2, 0) is 11.8 Å². The molecular weight excluding hydrogens is 574 g/mol. The summed E-state index contributed by atoms with van der Waals surface area (Å²) < 4.78 is 8.63. The number of nitrogens with one attached hydrogen (secondary N) is 2. The number of unbranched alkanes of at least 4 members (excludes halogenated alkanes) is 1. The number of carbonyl (C=O) groups is 1. The van der Waals surface area contributed by atoms with E-state index >= 15 is 0 Å². The second kappa shape index (κ2) is 15.8. The molecular formula is C37H49N7O2. The molecule has 0 aliphatic heterocycles. The van der Waals surface area contributed by atoms with E-state index in [1.165, 1.54) is 44.6 Å². The third-order valence-corrected chi connectivity index (χ3v) is 8.86. The summed E-state index contributed by atoms with van der Waals surface area (Å²) in [6, 6.07) is 14.1. The number of carbonyl (C=O) groups excluding carboxylic acids is 1. The van der Waals surface area contributed by atoms with Crippen molar-refractivity contribution in [2.45, 2.75) is 51.4 Å². The second-order valence-electron chi connectivity index (χ2n) is 12.7. The maximum Gasteiger partial charge on any atom is 0.247 e. The highest BCUT2D eigenvalue weighted by Crippen LogP contribution is 2.40. The summed E-state index contributed by atoms with van der Waals surface area (Å²) in [4.78, 5) is 26.3. The van der Waals surface area contributed by atoms with Crippen molar-refractivity contribution in [3.8, 4) is 17.0 Å². The highest BCUT2D eigenvalue weighted by Gasteiger charge is 2.20. The Bertz CT molecular complexity index is 1620. The summed E-state index contributed by atoms with van der Waals surface area (Å²) in [6.07, 6.45) is 15.4. The van der Waals surface area contributed by atoms with Gasteiger partial charge < -0.3 is 29.7 Å². The fraction of sp³-hybridized carbons (Fsp3) is 0.432. The molecule has 46 heavy (non-hydrogen) atoms. The minimum atomic E-state index is -0.285. The molecule has 1 amide bonds. The lowest BCUT2D eigenvalue weighted by Crippen LogP contribution is -2.29. The molecule has 1 saturated carbocycles. The zero-order valence-electron chi connectivity index (χ0n) is 27.9. The van der Waals surface area contributed by atoms with Crippen LogP contribution in [0.15, 0.2) is 67.5 Å². The zero-order valence-corrected chi connectivity index (χ0v) is 27.9. The third kappa shape index (κ3) is 8.46. The summed E-state index contributed by atoms with van der Waals surface area (Å²) >= 11 is 0. The predicted molar refractivity (Wildman–Crippen MR) is 190 cm³/mol. The van der Waals surface area contributed by atoms with Crippen molar-refractivity contribution in [3.05, 3.63) is 67.5 Å². The van der Waals surface area contributed by atoms with E-state index in [0.717, 1.165) is 65.4 Å². The van der Waals surface area contributed by atoms with E-state index < -0.39 is 0 Å². The van der Waals surface area contributed by atoms with Crippen LogP contribution in [0.4, 0.5) is 23.0 Å². The maximum atomic E-state index is 12.6. The van der Waals surface area contributed by atoms with Crippen LogP contribution >= 0.6 is 0 Å². The van der Waals surface area contributed by atoms with Gasteiger partial charge in [-0.15, -0.1) is 0 Å². The average molecular weight is 624 g/mol. The van der Waals surface area contributed by atoms with E-state index in [9.17, 15) is 4.79 Å². The van der Waals surface area contributed by atoms with Gasteiger partial charge in [-0.3, -0.25) is 4.79 Å². The lowest BCUT2D eigenvalue weighted by Gasteiger charge is -2.27. The second-order valence-corrected chi connectivity index (χ2v) is 12.7. The van der Waals surface area contributed by atoms with Crippen LogP contribution in [0, 0.1) is 5.92 Å². The molecule has 0 spiro atoms. The fourth-order valence-corrected chi connectivity index (χ4v) is 6.36. The molecule has 4 aromatic rings. The SMILES string of the molecule is C=CC(=O)Nc1cc(Nc2nccc(-c3cn(C)c4ccccc34)n2)cc(OCCCCC2CCCCC2)c1N(C)CCN(C)C. The van der Waals surface area contributed by atoms with Crippen LogP contribution < -0.4 is 20.3 Å². The number of ether oxygens (including phenoxy) is 1. The van der Waals surface area contributed by atoms with Crippen molar-refractivity contribution in [2.24, 2.45) is 13.0 Å². The minimum absolute atomic E-state index is 0.285. The third-order valence-electron chi connectivity index (χ3n) is 8.86. The van der Waals surface area contributed by atoms with Crippen LogP contribution in [0.5, 0.6) is 5.75 Å². The Labute approximate surface area is 273 Å². The molecule has 9 nitrogen and oxygen atoms in total. The molecule has 0 saturated heterocycles. The largest absolute Gasteiger partial charge is 0.491 e. The van der Waals surface area contributed by atoms with Gasteiger partial charge in [0.15, 0.2) is 0 Å². The van der Waals surface area contributed by atoms with Gasteiger partial charge in [0, 0.05) is 67.8 Å². The first-order chi connectivity index (χ1) is 22.3. The van der Waals surface area contributed by atoms with Gasteiger partial charge in [0.25, 0.3) is 0 Å². The van der Waals surface area contributed by atoms with Crippen LogP contribution in [-0.4, -0.2) is 66.2 Å². The molecule has 2 heterocycles. The number of para-hydroxylation sites is 1. The lowest BCUT2D eigenvalue weighted by molar-refractivity contribution is -0.111. The number of hydrogen-bond acceptors (Lipinski definition) is 7. The Hall–Kier alpha value is -4.37. The summed E-state index contributed by atoms with van der Waals surface area (Å²) in [5.41, 5.74) is 5.19. The maximum absolute atomic E-state index is 12.6. The quantitative estimate of drug-likeness (QED) is 0.104. The molecule has 9 heteroatoms. The number of amides is 1. The van der Waals surface area contributed by atoms with Gasteiger partial charge in [0.1, 0.15) is 11.4 Å². The summed E-state index contributed by atoms with van der Waals surface area (Å²) in [6.45, 7) is 5.88. The summed E-state index contributed by atoms with van der Waals surface area (Å²) in [7, 11) is 8.18. The molecule has 0 bridgehead atoms. The number of nitrogens with zero attached hydrogens (tertiary/aromatic N) is 5. The monoisotopic (exact) mass is 623 g/mol. The fourth-order valence-electron chi connectivity index (χ4n) is 6.36.